The fourth-order valence-electron chi connectivity index (χ4n) is 7.48. The van der Waals surface area contributed by atoms with Gasteiger partial charge >= 0.3 is 0 Å². The van der Waals surface area contributed by atoms with E-state index < -0.39 is 0 Å². The number of rotatable bonds is 5. The van der Waals surface area contributed by atoms with Crippen molar-refractivity contribution < 1.29 is 0 Å². The third-order valence-corrected chi connectivity index (χ3v) is 9.77. The zero-order chi connectivity index (χ0) is 33.0. The minimum absolute atomic E-state index is 0.0635. The van der Waals surface area contributed by atoms with Gasteiger partial charge in [0.05, 0.1) is 22.1 Å². The third kappa shape index (κ3) is 4.49. The van der Waals surface area contributed by atoms with Gasteiger partial charge in [-0.3, -0.25) is 9.55 Å². The lowest BCUT2D eigenvalue weighted by Crippen LogP contribution is -2.11. The Balaban J connectivity index is 1.27. The molecule has 0 saturated carbocycles. The van der Waals surface area contributed by atoms with E-state index in [1.54, 1.807) is 0 Å². The summed E-state index contributed by atoms with van der Waals surface area (Å²) in [5.74, 6) is 2.11. The van der Waals surface area contributed by atoms with Crippen molar-refractivity contribution in [3.05, 3.63) is 170 Å². The fourth-order valence-corrected chi connectivity index (χ4v) is 7.48. The van der Waals surface area contributed by atoms with Crippen molar-refractivity contribution >= 4 is 43.6 Å². The molecule has 0 amide bonds. The third-order valence-electron chi connectivity index (χ3n) is 9.77. The zero-order valence-electron chi connectivity index (χ0n) is 27.1. The lowest BCUT2D eigenvalue weighted by atomic mass is 10.00. The van der Waals surface area contributed by atoms with Crippen LogP contribution in [0.25, 0.3) is 77.8 Å². The second kappa shape index (κ2) is 11.5. The lowest BCUT2D eigenvalue weighted by Gasteiger charge is -2.16. The van der Waals surface area contributed by atoms with Crippen molar-refractivity contribution in [2.75, 3.05) is 0 Å². The van der Waals surface area contributed by atoms with Gasteiger partial charge in [0.1, 0.15) is 5.82 Å². The van der Waals surface area contributed by atoms with E-state index in [0.717, 1.165) is 78.2 Å². The molecule has 6 nitrogen and oxygen atoms in total. The van der Waals surface area contributed by atoms with E-state index in [1.807, 2.05) is 30.6 Å². The van der Waals surface area contributed by atoms with Gasteiger partial charge in [0.2, 0.25) is 5.95 Å². The van der Waals surface area contributed by atoms with Gasteiger partial charge in [-0.2, -0.15) is 9.97 Å². The Labute approximate surface area is 288 Å². The zero-order valence-corrected chi connectivity index (χ0v) is 27.1. The summed E-state index contributed by atoms with van der Waals surface area (Å²) in [4.78, 5) is 20.0. The molecule has 1 aliphatic rings. The monoisotopic (exact) mass is 642 g/mol. The highest BCUT2D eigenvalue weighted by atomic mass is 15.2. The van der Waals surface area contributed by atoms with Crippen LogP contribution in [0.3, 0.4) is 0 Å². The van der Waals surface area contributed by atoms with Crippen molar-refractivity contribution in [3.63, 3.8) is 0 Å². The Hall–Kier alpha value is -6.66. The maximum atomic E-state index is 5.24. The van der Waals surface area contributed by atoms with Gasteiger partial charge < -0.3 is 4.57 Å². The first kappa shape index (κ1) is 28.4. The second-order valence-electron chi connectivity index (χ2n) is 12.7. The summed E-state index contributed by atoms with van der Waals surface area (Å²) in [6, 6.07) is 44.7. The average Bonchev–Trinajstić information content (AvgIpc) is 3.71. The summed E-state index contributed by atoms with van der Waals surface area (Å²) in [7, 11) is 0. The molecule has 0 aliphatic heterocycles. The molecule has 0 spiro atoms. The van der Waals surface area contributed by atoms with Crippen LogP contribution in [0.5, 0.6) is 0 Å². The molecule has 0 N–H and O–H groups in total. The molecule has 4 heterocycles. The molecule has 9 aromatic rings. The standard InChI is InChI=1S/C44H30N6/c1-4-13-29(14-5-1)42-46-43(30-15-6-2-7-16-30)48-44(47-42)50-38-22-11-10-19-34(38)36-21-12-20-33(41(36)50)31-23-24-35-37-28-45-26-25-39(37)49(40(35)27-31)32-17-8-3-9-18-32/h1-15,17-28,30H,16H2. The van der Waals surface area contributed by atoms with Gasteiger partial charge in [-0.25, -0.2) is 4.98 Å². The highest BCUT2D eigenvalue weighted by molar-refractivity contribution is 6.15. The van der Waals surface area contributed by atoms with Crippen LogP contribution in [0.1, 0.15) is 18.2 Å². The van der Waals surface area contributed by atoms with Crippen LogP contribution in [0.4, 0.5) is 0 Å². The summed E-state index contributed by atoms with van der Waals surface area (Å²) in [6.45, 7) is 0. The number of allylic oxidation sites excluding steroid dienone is 4. The molecule has 1 atom stereocenters. The smallest absolute Gasteiger partial charge is 0.238 e. The maximum Gasteiger partial charge on any atom is 0.238 e. The summed E-state index contributed by atoms with van der Waals surface area (Å²) < 4.78 is 4.57. The van der Waals surface area contributed by atoms with E-state index in [9.17, 15) is 0 Å². The minimum atomic E-state index is 0.0635. The van der Waals surface area contributed by atoms with Crippen LogP contribution in [-0.2, 0) is 0 Å². The Kier molecular flexibility index (Phi) is 6.52. The predicted molar refractivity (Wildman–Crippen MR) is 203 cm³/mol. The summed E-state index contributed by atoms with van der Waals surface area (Å²) in [5, 5.41) is 4.59. The van der Waals surface area contributed by atoms with Crippen LogP contribution in [-0.4, -0.2) is 29.1 Å². The molecule has 5 aromatic carbocycles. The Morgan fingerprint density at radius 3 is 2.20 bits per heavy atom. The topological polar surface area (TPSA) is 61.4 Å². The van der Waals surface area contributed by atoms with Crippen molar-refractivity contribution in [2.24, 2.45) is 0 Å². The number of para-hydroxylation sites is 3. The predicted octanol–water partition coefficient (Wildman–Crippen LogP) is 10.4. The van der Waals surface area contributed by atoms with E-state index in [0.29, 0.717) is 11.8 Å². The first-order valence-corrected chi connectivity index (χ1v) is 16.9. The average molecular weight is 643 g/mol. The molecule has 0 radical (unpaired) electrons. The SMILES string of the molecule is C1=CCC(c2nc(-c3ccccc3)nc(-n3c4ccccc4c4cccc(-c5ccc6c7cnccc7n(-c7ccccc7)c6c5)c43)n2)C=C1. The highest BCUT2D eigenvalue weighted by Gasteiger charge is 2.22. The molecule has 0 saturated heterocycles. The molecular weight excluding hydrogens is 613 g/mol. The molecule has 236 valence electrons. The molecule has 6 heteroatoms. The van der Waals surface area contributed by atoms with Crippen molar-refractivity contribution in [1.29, 1.82) is 0 Å². The Morgan fingerprint density at radius 1 is 0.560 bits per heavy atom. The first-order chi connectivity index (χ1) is 24.8. The Morgan fingerprint density at radius 2 is 1.34 bits per heavy atom. The van der Waals surface area contributed by atoms with Crippen LogP contribution in [0.15, 0.2) is 164 Å². The van der Waals surface area contributed by atoms with Gasteiger partial charge in [-0.1, -0.05) is 121 Å². The van der Waals surface area contributed by atoms with Gasteiger partial charge in [0, 0.05) is 56.7 Å². The molecule has 4 aromatic heterocycles. The number of benzene rings is 5. The number of fused-ring (bicyclic) bond motifs is 6. The maximum absolute atomic E-state index is 5.24. The van der Waals surface area contributed by atoms with Crippen molar-refractivity contribution in [1.82, 2.24) is 29.1 Å². The molecule has 10 rings (SSSR count). The summed E-state index contributed by atoms with van der Waals surface area (Å²) >= 11 is 0. The van der Waals surface area contributed by atoms with E-state index >= 15 is 0 Å². The molecule has 1 unspecified atom stereocenters. The fraction of sp³-hybridized carbons (Fsp3) is 0.0455. The van der Waals surface area contributed by atoms with Crippen LogP contribution < -0.4 is 0 Å². The van der Waals surface area contributed by atoms with Gasteiger partial charge in [-0.05, 0) is 42.3 Å². The second-order valence-corrected chi connectivity index (χ2v) is 12.7. The van der Waals surface area contributed by atoms with Gasteiger partial charge in [0.25, 0.3) is 0 Å². The minimum Gasteiger partial charge on any atom is -0.309 e. The quantitative estimate of drug-likeness (QED) is 0.187. The number of aromatic nitrogens is 6. The van der Waals surface area contributed by atoms with Gasteiger partial charge in [0.15, 0.2) is 5.82 Å². The number of hydrogen-bond donors (Lipinski definition) is 0. The first-order valence-electron chi connectivity index (χ1n) is 16.9. The normalized spacial score (nSPS) is 14.4. The van der Waals surface area contributed by atoms with Crippen LogP contribution in [0, 0.1) is 0 Å². The summed E-state index contributed by atoms with van der Waals surface area (Å²) in [5.41, 5.74) is 8.66. The molecule has 1 aliphatic carbocycles. The van der Waals surface area contributed by atoms with Crippen LogP contribution >= 0.6 is 0 Å². The number of nitrogens with zero attached hydrogens (tertiary/aromatic N) is 6. The van der Waals surface area contributed by atoms with E-state index in [1.165, 1.54) is 0 Å². The molecule has 50 heavy (non-hydrogen) atoms. The van der Waals surface area contributed by atoms with Crippen molar-refractivity contribution in [2.45, 2.75) is 12.3 Å². The molecule has 0 fully saturated rings. The van der Waals surface area contributed by atoms with E-state index in [-0.39, 0.29) is 5.92 Å². The van der Waals surface area contributed by atoms with E-state index in [4.69, 9.17) is 15.0 Å². The van der Waals surface area contributed by atoms with E-state index in [2.05, 4.69) is 148 Å². The van der Waals surface area contributed by atoms with Gasteiger partial charge in [-0.15, -0.1) is 0 Å². The Bertz CT molecular complexity index is 2790. The summed E-state index contributed by atoms with van der Waals surface area (Å²) in [6.07, 6.45) is 13.2. The highest BCUT2D eigenvalue weighted by Crippen LogP contribution is 2.40. The molecule has 0 bridgehead atoms. The number of hydrogen-bond acceptors (Lipinski definition) is 4. The number of pyridine rings is 1. The van der Waals surface area contributed by atoms with Crippen LogP contribution in [0.2, 0.25) is 0 Å². The molecular formula is C44H30N6. The van der Waals surface area contributed by atoms with Crippen molar-refractivity contribution in [3.8, 4) is 34.2 Å². The largest absolute Gasteiger partial charge is 0.309 e. The lowest BCUT2D eigenvalue weighted by molar-refractivity contribution is 0.750.